The van der Waals surface area contributed by atoms with Crippen LogP contribution in [0.3, 0.4) is 0 Å². The molecule has 5 nitrogen and oxygen atoms in total. The van der Waals surface area contributed by atoms with Crippen LogP contribution in [0.4, 0.5) is 5.69 Å². The monoisotopic (exact) mass is 377 g/mol. The lowest BCUT2D eigenvalue weighted by Crippen LogP contribution is -2.61. The van der Waals surface area contributed by atoms with Gasteiger partial charge in [-0.1, -0.05) is 23.8 Å². The van der Waals surface area contributed by atoms with Gasteiger partial charge in [-0.3, -0.25) is 14.6 Å². The molecule has 1 aromatic carbocycles. The smallest absolute Gasteiger partial charge is 0.252 e. The summed E-state index contributed by atoms with van der Waals surface area (Å²) in [6.07, 6.45) is 7.98. The molecule has 1 spiro atoms. The lowest BCUT2D eigenvalue weighted by atomic mass is 9.84. The van der Waals surface area contributed by atoms with E-state index >= 15 is 0 Å². The zero-order chi connectivity index (χ0) is 19.6. The Balaban J connectivity index is 1.52. The second-order valence-electron chi connectivity index (χ2n) is 7.94. The quantitative estimate of drug-likeness (QED) is 0.819. The van der Waals surface area contributed by atoms with Gasteiger partial charge in [0.15, 0.2) is 0 Å². The number of carbonyl (C=O) groups excluding carboxylic acids is 2. The predicted molar refractivity (Wildman–Crippen MR) is 109 cm³/mol. The minimum atomic E-state index is -0.658. The Hall–Kier alpha value is -2.69. The number of amides is 2. The second kappa shape index (κ2) is 7.74. The first-order valence-electron chi connectivity index (χ1n) is 10.2. The van der Waals surface area contributed by atoms with Gasteiger partial charge in [0.2, 0.25) is 5.91 Å². The lowest BCUT2D eigenvalue weighted by molar-refractivity contribution is -0.145. The summed E-state index contributed by atoms with van der Waals surface area (Å²) in [7, 11) is 0. The molecule has 2 aliphatic rings. The summed E-state index contributed by atoms with van der Waals surface area (Å²) < 4.78 is 0. The van der Waals surface area contributed by atoms with Gasteiger partial charge < -0.3 is 9.80 Å². The fourth-order valence-corrected chi connectivity index (χ4v) is 4.62. The van der Waals surface area contributed by atoms with Gasteiger partial charge in [0, 0.05) is 37.6 Å². The highest BCUT2D eigenvalue weighted by Gasteiger charge is 2.52. The van der Waals surface area contributed by atoms with Crippen LogP contribution in [0.15, 0.2) is 48.8 Å². The molecule has 1 atom stereocenters. The zero-order valence-corrected chi connectivity index (χ0v) is 16.4. The summed E-state index contributed by atoms with van der Waals surface area (Å²) in [6.45, 7) is 3.45. The second-order valence-corrected chi connectivity index (χ2v) is 7.94. The van der Waals surface area contributed by atoms with Crippen LogP contribution >= 0.6 is 0 Å². The molecule has 0 radical (unpaired) electrons. The summed E-state index contributed by atoms with van der Waals surface area (Å²) in [5.74, 6) is 0.176. The molecule has 28 heavy (non-hydrogen) atoms. The van der Waals surface area contributed by atoms with Crippen LogP contribution in [0.5, 0.6) is 0 Å². The van der Waals surface area contributed by atoms with Crippen molar-refractivity contribution >= 4 is 17.5 Å². The van der Waals surface area contributed by atoms with E-state index in [0.717, 1.165) is 43.5 Å². The van der Waals surface area contributed by atoms with Crippen LogP contribution in [0.2, 0.25) is 0 Å². The van der Waals surface area contributed by atoms with Crippen LogP contribution in [0, 0.1) is 6.92 Å². The first-order chi connectivity index (χ1) is 13.6. The summed E-state index contributed by atoms with van der Waals surface area (Å²) in [5, 5.41) is 0. The van der Waals surface area contributed by atoms with Crippen molar-refractivity contribution < 1.29 is 9.59 Å². The molecule has 1 unspecified atom stereocenters. The largest absolute Gasteiger partial charge is 0.328 e. The van der Waals surface area contributed by atoms with Crippen LogP contribution in [-0.2, 0) is 16.0 Å². The first kappa shape index (κ1) is 18.7. The maximum Gasteiger partial charge on any atom is 0.252 e. The highest BCUT2D eigenvalue weighted by Crippen LogP contribution is 2.40. The van der Waals surface area contributed by atoms with Gasteiger partial charge in [-0.2, -0.15) is 0 Å². The van der Waals surface area contributed by atoms with Gasteiger partial charge in [-0.05, 0) is 62.8 Å². The third-order valence-corrected chi connectivity index (χ3v) is 6.10. The van der Waals surface area contributed by atoms with E-state index in [9.17, 15) is 9.59 Å². The summed E-state index contributed by atoms with van der Waals surface area (Å²) in [4.78, 5) is 34.5. The fraction of sp³-hybridized carbons (Fsp3) is 0.435. The number of anilines is 1. The normalized spacial score (nSPS) is 22.1. The molecule has 0 saturated carbocycles. The van der Waals surface area contributed by atoms with Crippen molar-refractivity contribution in [3.63, 3.8) is 0 Å². The Kier molecular flexibility index (Phi) is 5.16. The van der Waals surface area contributed by atoms with Crippen molar-refractivity contribution in [3.05, 3.63) is 59.9 Å². The Morgan fingerprint density at radius 2 is 1.86 bits per heavy atom. The lowest BCUT2D eigenvalue weighted by Gasteiger charge is -2.44. The van der Waals surface area contributed by atoms with Crippen LogP contribution in [0.25, 0.3) is 0 Å². The molecular weight excluding hydrogens is 350 g/mol. The maximum atomic E-state index is 13.5. The molecule has 0 N–H and O–H groups in total. The number of pyridine rings is 1. The van der Waals surface area contributed by atoms with Crippen molar-refractivity contribution in [3.8, 4) is 0 Å². The number of aromatic nitrogens is 1. The van der Waals surface area contributed by atoms with Gasteiger partial charge in [0.1, 0.15) is 5.54 Å². The van der Waals surface area contributed by atoms with E-state index in [1.54, 1.807) is 12.4 Å². The third-order valence-electron chi connectivity index (χ3n) is 6.10. The van der Waals surface area contributed by atoms with E-state index in [1.807, 2.05) is 53.1 Å². The van der Waals surface area contributed by atoms with Gasteiger partial charge in [0.05, 0.1) is 0 Å². The standard InChI is InChI=1S/C23H27N3O2/c1-18-6-9-20(10-7-18)25-15-3-12-23(22(25)28)13-4-16-26(23)21(27)11-8-19-5-2-14-24-17-19/h2,5-7,9-10,14,17H,3-4,8,11-13,15-16H2,1H3. The number of hydrogen-bond acceptors (Lipinski definition) is 3. The van der Waals surface area contributed by atoms with Crippen LogP contribution in [0.1, 0.15) is 43.2 Å². The van der Waals surface area contributed by atoms with Crippen molar-refractivity contribution in [2.24, 2.45) is 0 Å². The number of nitrogens with zero attached hydrogens (tertiary/aromatic N) is 3. The van der Waals surface area contributed by atoms with Crippen LogP contribution in [-0.4, -0.2) is 40.3 Å². The molecule has 2 aromatic rings. The number of benzene rings is 1. The van der Waals surface area contributed by atoms with E-state index in [0.29, 0.717) is 19.4 Å². The summed E-state index contributed by atoms with van der Waals surface area (Å²) >= 11 is 0. The zero-order valence-electron chi connectivity index (χ0n) is 16.4. The average molecular weight is 377 g/mol. The fourth-order valence-electron chi connectivity index (χ4n) is 4.62. The molecule has 3 heterocycles. The number of piperidine rings is 1. The Morgan fingerprint density at radius 3 is 2.57 bits per heavy atom. The number of aryl methyl sites for hydroxylation is 2. The van der Waals surface area contributed by atoms with Gasteiger partial charge in [-0.25, -0.2) is 0 Å². The molecule has 2 aliphatic heterocycles. The van der Waals surface area contributed by atoms with Crippen molar-refractivity contribution in [1.29, 1.82) is 0 Å². The van der Waals surface area contributed by atoms with Gasteiger partial charge >= 0.3 is 0 Å². The number of rotatable bonds is 4. The molecule has 5 heteroatoms. The predicted octanol–water partition coefficient (Wildman–Crippen LogP) is 3.51. The van der Waals surface area contributed by atoms with E-state index in [4.69, 9.17) is 0 Å². The molecule has 1 aromatic heterocycles. The number of carbonyl (C=O) groups is 2. The average Bonchev–Trinajstić information content (AvgIpc) is 3.14. The molecule has 0 aliphatic carbocycles. The topological polar surface area (TPSA) is 53.5 Å². The number of likely N-dealkylation sites (tertiary alicyclic amines) is 1. The van der Waals surface area contributed by atoms with Crippen molar-refractivity contribution in [1.82, 2.24) is 9.88 Å². The minimum absolute atomic E-state index is 0.0838. The number of hydrogen-bond donors (Lipinski definition) is 0. The summed E-state index contributed by atoms with van der Waals surface area (Å²) in [6, 6.07) is 12.0. The highest BCUT2D eigenvalue weighted by molar-refractivity contribution is 6.03. The van der Waals surface area contributed by atoms with Crippen molar-refractivity contribution in [2.45, 2.75) is 51.0 Å². The molecule has 2 fully saturated rings. The Morgan fingerprint density at radius 1 is 1.11 bits per heavy atom. The van der Waals surface area contributed by atoms with E-state index in [1.165, 1.54) is 5.56 Å². The summed E-state index contributed by atoms with van der Waals surface area (Å²) in [5.41, 5.74) is 2.51. The molecule has 2 saturated heterocycles. The van der Waals surface area contributed by atoms with Gasteiger partial charge in [0.25, 0.3) is 5.91 Å². The van der Waals surface area contributed by atoms with E-state index in [2.05, 4.69) is 4.98 Å². The van der Waals surface area contributed by atoms with Gasteiger partial charge in [-0.15, -0.1) is 0 Å². The minimum Gasteiger partial charge on any atom is -0.328 e. The van der Waals surface area contributed by atoms with Crippen molar-refractivity contribution in [2.75, 3.05) is 18.0 Å². The SMILES string of the molecule is Cc1ccc(N2CCCC3(CCCN3C(=O)CCc3cccnc3)C2=O)cc1. The van der Waals surface area contributed by atoms with E-state index < -0.39 is 5.54 Å². The third kappa shape index (κ3) is 3.41. The van der Waals surface area contributed by atoms with Crippen LogP contribution < -0.4 is 4.90 Å². The Bertz CT molecular complexity index is 850. The maximum absolute atomic E-state index is 13.5. The molecule has 0 bridgehead atoms. The first-order valence-corrected chi connectivity index (χ1v) is 10.2. The van der Waals surface area contributed by atoms with E-state index in [-0.39, 0.29) is 11.8 Å². The Labute approximate surface area is 166 Å². The molecule has 146 valence electrons. The molecular formula is C23H27N3O2. The highest BCUT2D eigenvalue weighted by atomic mass is 16.2. The molecule has 2 amide bonds. The molecule has 4 rings (SSSR count).